The van der Waals surface area contributed by atoms with E-state index in [0.29, 0.717) is 12.1 Å². The van der Waals surface area contributed by atoms with Crippen molar-refractivity contribution >= 4 is 17.6 Å². The quantitative estimate of drug-likeness (QED) is 0.377. The van der Waals surface area contributed by atoms with E-state index in [1.807, 2.05) is 84.0 Å². The number of aryl methyl sites for hydroxylation is 2. The molecule has 1 atom stereocenters. The number of methoxy groups -OCH3 is 1. The minimum Gasteiger partial charge on any atom is -0.496 e. The van der Waals surface area contributed by atoms with Crippen LogP contribution in [0.15, 0.2) is 59.5 Å². The highest BCUT2D eigenvalue weighted by Gasteiger charge is 2.34. The Kier molecular flexibility index (Phi) is 9.25. The summed E-state index contributed by atoms with van der Waals surface area (Å²) in [7, 11) is 1.62. The van der Waals surface area contributed by atoms with Crippen molar-refractivity contribution in [2.45, 2.75) is 78.5 Å². The first-order valence-corrected chi connectivity index (χ1v) is 13.3. The number of rotatable bonds is 9. The Hall–Kier alpha value is -3.91. The Morgan fingerprint density at radius 2 is 1.57 bits per heavy atom. The second-order valence-electron chi connectivity index (χ2n) is 11.7. The molecule has 1 aromatic heterocycles. The van der Waals surface area contributed by atoms with Crippen LogP contribution in [0.3, 0.4) is 0 Å². The normalized spacial score (nSPS) is 12.5. The predicted molar refractivity (Wildman–Crippen MR) is 158 cm³/mol. The molecule has 2 aromatic carbocycles. The van der Waals surface area contributed by atoms with E-state index in [1.54, 1.807) is 30.9 Å². The van der Waals surface area contributed by atoms with E-state index >= 15 is 0 Å². The number of nitrogens with one attached hydrogen (secondary N) is 1. The summed E-state index contributed by atoms with van der Waals surface area (Å²) >= 11 is 0. The fraction of sp³-hybridized carbons (Fsp3) is 0.406. The van der Waals surface area contributed by atoms with E-state index in [2.05, 4.69) is 5.32 Å². The van der Waals surface area contributed by atoms with Gasteiger partial charge < -0.3 is 25.1 Å². The monoisotopic (exact) mass is 547 g/mol. The smallest absolute Gasteiger partial charge is 0.316 e. The summed E-state index contributed by atoms with van der Waals surface area (Å²) in [6.45, 7) is 13.2. The number of hydrogen-bond donors (Lipinski definition) is 2. The van der Waals surface area contributed by atoms with Crippen LogP contribution in [-0.2, 0) is 32.7 Å². The standard InChI is InChI=1S/C32H41N3O5/c1-20-15-16-35(19-23-11-14-26(39-8)21(2)17-23)29(37)27(20)34-28(36)25(33)18-22-9-12-24(13-10-22)32(6,7)30(38)40-31(3,4)5/h9-17,25H,18-19,33H2,1-8H3,(H,34,36)/t25-/m1/s1. The Balaban J connectivity index is 1.70. The summed E-state index contributed by atoms with van der Waals surface area (Å²) in [4.78, 5) is 38.9. The van der Waals surface area contributed by atoms with Gasteiger partial charge in [0.25, 0.3) is 5.56 Å². The Labute approximate surface area is 236 Å². The number of ether oxygens (including phenoxy) is 2. The topological polar surface area (TPSA) is 113 Å². The number of carbonyl (C=O) groups excluding carboxylic acids is 2. The van der Waals surface area contributed by atoms with E-state index < -0.39 is 23.0 Å². The van der Waals surface area contributed by atoms with Crippen LogP contribution in [0.25, 0.3) is 0 Å². The zero-order valence-corrected chi connectivity index (χ0v) is 24.8. The lowest BCUT2D eigenvalue weighted by Crippen LogP contribution is -2.39. The second kappa shape index (κ2) is 12.1. The number of amides is 1. The minimum atomic E-state index is -0.874. The maximum absolute atomic E-state index is 13.2. The van der Waals surface area contributed by atoms with E-state index in [4.69, 9.17) is 15.2 Å². The van der Waals surface area contributed by atoms with Gasteiger partial charge in [0.2, 0.25) is 5.91 Å². The summed E-state index contributed by atoms with van der Waals surface area (Å²) in [5.74, 6) is 0.0228. The lowest BCUT2D eigenvalue weighted by molar-refractivity contribution is -0.160. The van der Waals surface area contributed by atoms with Crippen LogP contribution in [0, 0.1) is 13.8 Å². The van der Waals surface area contributed by atoms with Crippen molar-refractivity contribution in [2.75, 3.05) is 12.4 Å². The van der Waals surface area contributed by atoms with Gasteiger partial charge in [-0.3, -0.25) is 14.4 Å². The van der Waals surface area contributed by atoms with Gasteiger partial charge in [0.05, 0.1) is 25.1 Å². The Morgan fingerprint density at radius 3 is 2.15 bits per heavy atom. The number of aromatic nitrogens is 1. The molecule has 0 saturated heterocycles. The molecule has 0 aliphatic carbocycles. The first-order chi connectivity index (χ1) is 18.6. The number of carbonyl (C=O) groups is 2. The van der Waals surface area contributed by atoms with Gasteiger partial charge in [-0.05, 0) is 94.8 Å². The second-order valence-corrected chi connectivity index (χ2v) is 11.7. The van der Waals surface area contributed by atoms with Crippen molar-refractivity contribution in [1.82, 2.24) is 4.57 Å². The lowest BCUT2D eigenvalue weighted by Gasteiger charge is -2.29. The molecule has 3 rings (SSSR count). The third-order valence-corrected chi connectivity index (χ3v) is 6.81. The van der Waals surface area contributed by atoms with Crippen LogP contribution in [0.5, 0.6) is 5.75 Å². The van der Waals surface area contributed by atoms with Crippen molar-refractivity contribution in [3.05, 3.63) is 92.9 Å². The van der Waals surface area contributed by atoms with Gasteiger partial charge in [0.1, 0.15) is 17.0 Å². The molecule has 1 heterocycles. The molecule has 40 heavy (non-hydrogen) atoms. The number of esters is 1. The van der Waals surface area contributed by atoms with Crippen LogP contribution >= 0.6 is 0 Å². The van der Waals surface area contributed by atoms with E-state index in [0.717, 1.165) is 28.0 Å². The highest BCUT2D eigenvalue weighted by Crippen LogP contribution is 2.27. The summed E-state index contributed by atoms with van der Waals surface area (Å²) in [5, 5.41) is 2.75. The summed E-state index contributed by atoms with van der Waals surface area (Å²) in [5.41, 5.74) is 8.94. The van der Waals surface area contributed by atoms with Crippen LogP contribution in [0.4, 0.5) is 5.69 Å². The van der Waals surface area contributed by atoms with Gasteiger partial charge in [-0.15, -0.1) is 0 Å². The highest BCUT2D eigenvalue weighted by atomic mass is 16.6. The molecule has 0 aliphatic heterocycles. The highest BCUT2D eigenvalue weighted by molar-refractivity contribution is 5.95. The molecule has 1 amide bonds. The SMILES string of the molecule is COc1ccc(Cn2ccc(C)c(NC(=O)[C@H](N)Cc3ccc(C(C)(C)C(=O)OC(C)(C)C)cc3)c2=O)cc1C. The maximum Gasteiger partial charge on any atom is 0.316 e. The molecule has 214 valence electrons. The third-order valence-electron chi connectivity index (χ3n) is 6.81. The van der Waals surface area contributed by atoms with Gasteiger partial charge in [-0.1, -0.05) is 36.4 Å². The molecule has 0 saturated carbocycles. The largest absolute Gasteiger partial charge is 0.496 e. The zero-order valence-electron chi connectivity index (χ0n) is 24.8. The lowest BCUT2D eigenvalue weighted by atomic mass is 9.84. The molecule has 3 aromatic rings. The first-order valence-electron chi connectivity index (χ1n) is 13.3. The van der Waals surface area contributed by atoms with Crippen LogP contribution in [0.2, 0.25) is 0 Å². The molecule has 0 unspecified atom stereocenters. The molecule has 8 heteroatoms. The number of benzene rings is 2. The molecule has 0 fully saturated rings. The molecular formula is C32H41N3O5. The fourth-order valence-electron chi connectivity index (χ4n) is 4.32. The van der Waals surface area contributed by atoms with Crippen molar-refractivity contribution in [3.8, 4) is 5.75 Å². The summed E-state index contributed by atoms with van der Waals surface area (Å²) < 4.78 is 12.4. The molecule has 0 aliphatic rings. The average molecular weight is 548 g/mol. The summed E-state index contributed by atoms with van der Waals surface area (Å²) in [6, 6.07) is 14.1. The number of hydrogen-bond acceptors (Lipinski definition) is 6. The number of nitrogens with two attached hydrogens (primary N) is 1. The van der Waals surface area contributed by atoms with E-state index in [-0.39, 0.29) is 23.6 Å². The number of nitrogens with zero attached hydrogens (tertiary/aromatic N) is 1. The Bertz CT molecular complexity index is 1430. The zero-order chi connectivity index (χ0) is 29.8. The van der Waals surface area contributed by atoms with Crippen molar-refractivity contribution in [1.29, 1.82) is 0 Å². The van der Waals surface area contributed by atoms with Crippen LogP contribution in [0.1, 0.15) is 62.4 Å². The molecule has 0 radical (unpaired) electrons. The van der Waals surface area contributed by atoms with E-state index in [1.165, 1.54) is 0 Å². The minimum absolute atomic E-state index is 0.211. The van der Waals surface area contributed by atoms with Gasteiger partial charge in [0, 0.05) is 6.20 Å². The molecular weight excluding hydrogens is 506 g/mol. The van der Waals surface area contributed by atoms with E-state index in [9.17, 15) is 14.4 Å². The average Bonchev–Trinajstić information content (AvgIpc) is 2.87. The van der Waals surface area contributed by atoms with Gasteiger partial charge >= 0.3 is 5.97 Å². The first kappa shape index (κ1) is 30.6. The van der Waals surface area contributed by atoms with Crippen LogP contribution < -0.4 is 21.3 Å². The molecule has 0 bridgehead atoms. The predicted octanol–water partition coefficient (Wildman–Crippen LogP) is 4.65. The number of pyridine rings is 1. The summed E-state index contributed by atoms with van der Waals surface area (Å²) in [6.07, 6.45) is 1.98. The van der Waals surface area contributed by atoms with Crippen LogP contribution in [-0.4, -0.2) is 35.2 Å². The van der Waals surface area contributed by atoms with Crippen molar-refractivity contribution in [2.24, 2.45) is 5.73 Å². The molecule has 0 spiro atoms. The van der Waals surface area contributed by atoms with Gasteiger partial charge in [0.15, 0.2) is 0 Å². The number of anilines is 1. The van der Waals surface area contributed by atoms with Crippen molar-refractivity contribution in [3.63, 3.8) is 0 Å². The molecule has 3 N–H and O–H groups in total. The van der Waals surface area contributed by atoms with Gasteiger partial charge in [-0.2, -0.15) is 0 Å². The Morgan fingerprint density at radius 1 is 0.950 bits per heavy atom. The molecule has 8 nitrogen and oxygen atoms in total. The third kappa shape index (κ3) is 7.39. The van der Waals surface area contributed by atoms with Gasteiger partial charge in [-0.25, -0.2) is 0 Å². The maximum atomic E-state index is 13.2. The van der Waals surface area contributed by atoms with Crippen molar-refractivity contribution < 1.29 is 19.1 Å². The fourth-order valence-corrected chi connectivity index (χ4v) is 4.32.